The van der Waals surface area contributed by atoms with Gasteiger partial charge in [0, 0.05) is 9.13 Å². The first kappa shape index (κ1) is 11.0. The Labute approximate surface area is 112 Å². The SMILES string of the molecule is Cc1c(C)c(I)c2c(c1I)CCCO2. The number of rotatable bonds is 0. The lowest BCUT2D eigenvalue weighted by atomic mass is 10.0. The topological polar surface area (TPSA) is 9.23 Å². The van der Waals surface area contributed by atoms with Crippen LogP contribution in [0.1, 0.15) is 23.1 Å². The molecule has 2 rings (SSSR count). The van der Waals surface area contributed by atoms with Crippen molar-refractivity contribution < 1.29 is 4.74 Å². The summed E-state index contributed by atoms with van der Waals surface area (Å²) in [5.74, 6) is 1.14. The lowest BCUT2D eigenvalue weighted by Gasteiger charge is -2.23. The summed E-state index contributed by atoms with van der Waals surface area (Å²) in [4.78, 5) is 0. The van der Waals surface area contributed by atoms with Gasteiger partial charge in [-0.3, -0.25) is 0 Å². The van der Waals surface area contributed by atoms with Crippen LogP contribution < -0.4 is 4.74 Å². The first-order valence-electron chi connectivity index (χ1n) is 4.72. The van der Waals surface area contributed by atoms with Gasteiger partial charge in [0.2, 0.25) is 0 Å². The van der Waals surface area contributed by atoms with E-state index in [-0.39, 0.29) is 0 Å². The Morgan fingerprint density at radius 1 is 1.07 bits per heavy atom. The van der Waals surface area contributed by atoms with Crippen LogP contribution in [0.25, 0.3) is 0 Å². The molecule has 3 heteroatoms. The fraction of sp³-hybridized carbons (Fsp3) is 0.455. The number of benzene rings is 1. The van der Waals surface area contributed by atoms with E-state index in [4.69, 9.17) is 4.74 Å². The van der Waals surface area contributed by atoms with Crippen LogP contribution in [0.5, 0.6) is 5.75 Å². The molecule has 1 aliphatic heterocycles. The van der Waals surface area contributed by atoms with Gasteiger partial charge in [-0.05, 0) is 83.0 Å². The van der Waals surface area contributed by atoms with Gasteiger partial charge in [0.1, 0.15) is 5.75 Å². The third kappa shape index (κ3) is 1.66. The lowest BCUT2D eigenvalue weighted by Crippen LogP contribution is -2.13. The van der Waals surface area contributed by atoms with Crippen LogP contribution in [-0.4, -0.2) is 6.61 Å². The Bertz CT molecular complexity index is 349. The van der Waals surface area contributed by atoms with Crippen molar-refractivity contribution in [2.75, 3.05) is 6.61 Å². The summed E-state index contributed by atoms with van der Waals surface area (Å²) < 4.78 is 8.46. The highest BCUT2D eigenvalue weighted by Gasteiger charge is 2.20. The summed E-state index contributed by atoms with van der Waals surface area (Å²) in [6.07, 6.45) is 2.33. The Kier molecular flexibility index (Phi) is 3.26. The predicted octanol–water partition coefficient (Wildman–Crippen LogP) is 3.84. The molecule has 0 saturated carbocycles. The van der Waals surface area contributed by atoms with Gasteiger partial charge in [-0.2, -0.15) is 0 Å². The normalized spacial score (nSPS) is 14.9. The third-order valence-electron chi connectivity index (χ3n) is 2.78. The molecule has 76 valence electrons. The van der Waals surface area contributed by atoms with Crippen molar-refractivity contribution in [2.24, 2.45) is 0 Å². The second-order valence-corrected chi connectivity index (χ2v) is 5.80. The summed E-state index contributed by atoms with van der Waals surface area (Å²) >= 11 is 4.85. The molecule has 0 unspecified atom stereocenters. The summed E-state index contributed by atoms with van der Waals surface area (Å²) in [5, 5.41) is 0. The smallest absolute Gasteiger partial charge is 0.137 e. The molecule has 1 nitrogen and oxygen atoms in total. The van der Waals surface area contributed by atoms with Crippen LogP contribution in [0.3, 0.4) is 0 Å². The Morgan fingerprint density at radius 2 is 1.71 bits per heavy atom. The van der Waals surface area contributed by atoms with Gasteiger partial charge in [0.05, 0.1) is 10.2 Å². The molecule has 0 fully saturated rings. The Balaban J connectivity index is 2.71. The third-order valence-corrected chi connectivity index (χ3v) is 5.54. The highest BCUT2D eigenvalue weighted by atomic mass is 127. The van der Waals surface area contributed by atoms with E-state index in [2.05, 4.69) is 59.0 Å². The quantitative estimate of drug-likeness (QED) is 0.587. The average Bonchev–Trinajstić information content (AvgIpc) is 2.23. The molecular formula is C11H12I2O. The molecule has 0 bridgehead atoms. The molecule has 1 heterocycles. The number of hydrogen-bond acceptors (Lipinski definition) is 1. The van der Waals surface area contributed by atoms with Crippen molar-refractivity contribution in [3.05, 3.63) is 23.8 Å². The molecule has 0 amide bonds. The predicted molar refractivity (Wildman–Crippen MR) is 75.2 cm³/mol. The van der Waals surface area contributed by atoms with Gasteiger partial charge in [0.15, 0.2) is 0 Å². The van der Waals surface area contributed by atoms with Gasteiger partial charge < -0.3 is 4.74 Å². The zero-order valence-corrected chi connectivity index (χ0v) is 12.6. The minimum absolute atomic E-state index is 0.877. The van der Waals surface area contributed by atoms with E-state index < -0.39 is 0 Å². The highest BCUT2D eigenvalue weighted by molar-refractivity contribution is 14.1. The van der Waals surface area contributed by atoms with E-state index in [0.29, 0.717) is 0 Å². The summed E-state index contributed by atoms with van der Waals surface area (Å²) in [5.41, 5.74) is 4.21. The van der Waals surface area contributed by atoms with Crippen LogP contribution in [0.4, 0.5) is 0 Å². The van der Waals surface area contributed by atoms with Crippen molar-refractivity contribution in [1.82, 2.24) is 0 Å². The van der Waals surface area contributed by atoms with Crippen molar-refractivity contribution in [1.29, 1.82) is 0 Å². The molecule has 0 aromatic heterocycles. The van der Waals surface area contributed by atoms with Crippen molar-refractivity contribution >= 4 is 45.2 Å². The van der Waals surface area contributed by atoms with Crippen LogP contribution in [0.15, 0.2) is 0 Å². The highest BCUT2D eigenvalue weighted by Crippen LogP contribution is 2.38. The van der Waals surface area contributed by atoms with Crippen LogP contribution in [-0.2, 0) is 6.42 Å². The van der Waals surface area contributed by atoms with Crippen molar-refractivity contribution in [2.45, 2.75) is 26.7 Å². The molecular weight excluding hydrogens is 402 g/mol. The van der Waals surface area contributed by atoms with E-state index in [1.54, 1.807) is 0 Å². The molecule has 1 aliphatic rings. The fourth-order valence-corrected chi connectivity index (χ4v) is 3.56. The first-order chi connectivity index (χ1) is 6.63. The zero-order valence-electron chi connectivity index (χ0n) is 8.29. The molecule has 0 spiro atoms. The second kappa shape index (κ2) is 4.15. The van der Waals surface area contributed by atoms with Gasteiger partial charge in [-0.1, -0.05) is 0 Å². The molecule has 0 atom stereocenters. The summed E-state index contributed by atoms with van der Waals surface area (Å²) in [6.45, 7) is 5.26. The standard InChI is InChI=1S/C11H12I2O/c1-6-7(2)10(13)11-8(9(6)12)4-3-5-14-11/h3-5H2,1-2H3. The molecule has 0 aliphatic carbocycles. The molecule has 14 heavy (non-hydrogen) atoms. The fourth-order valence-electron chi connectivity index (χ4n) is 1.75. The van der Waals surface area contributed by atoms with E-state index >= 15 is 0 Å². The summed E-state index contributed by atoms with van der Waals surface area (Å²) in [6, 6.07) is 0. The van der Waals surface area contributed by atoms with Gasteiger partial charge in [0.25, 0.3) is 0 Å². The second-order valence-electron chi connectivity index (χ2n) is 3.64. The molecule has 1 aromatic carbocycles. The van der Waals surface area contributed by atoms with E-state index in [1.165, 1.54) is 30.3 Å². The van der Waals surface area contributed by atoms with Crippen molar-refractivity contribution in [3.8, 4) is 5.75 Å². The zero-order chi connectivity index (χ0) is 10.3. The van der Waals surface area contributed by atoms with E-state index in [0.717, 1.165) is 18.8 Å². The van der Waals surface area contributed by atoms with Crippen LogP contribution in [0.2, 0.25) is 0 Å². The van der Waals surface area contributed by atoms with Gasteiger partial charge in [-0.15, -0.1) is 0 Å². The van der Waals surface area contributed by atoms with Crippen LogP contribution in [0, 0.1) is 21.0 Å². The maximum atomic E-state index is 5.76. The first-order valence-corrected chi connectivity index (χ1v) is 6.88. The number of hydrogen-bond donors (Lipinski definition) is 0. The van der Waals surface area contributed by atoms with Gasteiger partial charge in [-0.25, -0.2) is 0 Å². The molecule has 1 aromatic rings. The van der Waals surface area contributed by atoms with Crippen molar-refractivity contribution in [3.63, 3.8) is 0 Å². The monoisotopic (exact) mass is 414 g/mol. The lowest BCUT2D eigenvalue weighted by molar-refractivity contribution is 0.285. The minimum Gasteiger partial charge on any atom is -0.492 e. The number of fused-ring (bicyclic) bond motifs is 1. The van der Waals surface area contributed by atoms with E-state index in [9.17, 15) is 0 Å². The summed E-state index contributed by atoms with van der Waals surface area (Å²) in [7, 11) is 0. The Hall–Kier alpha value is 0.480. The van der Waals surface area contributed by atoms with E-state index in [1.807, 2.05) is 0 Å². The minimum atomic E-state index is 0.877. The molecule has 0 N–H and O–H groups in total. The van der Waals surface area contributed by atoms with Crippen LogP contribution >= 0.6 is 45.2 Å². The average molecular weight is 414 g/mol. The van der Waals surface area contributed by atoms with Gasteiger partial charge >= 0.3 is 0 Å². The Morgan fingerprint density at radius 3 is 2.43 bits per heavy atom. The molecule has 0 radical (unpaired) electrons. The number of ether oxygens (including phenoxy) is 1. The maximum absolute atomic E-state index is 5.76. The molecule has 0 saturated heterocycles. The largest absolute Gasteiger partial charge is 0.492 e. The maximum Gasteiger partial charge on any atom is 0.137 e. The number of halogens is 2.